The minimum Gasteiger partial charge on any atom is -0.494 e. The summed E-state index contributed by atoms with van der Waals surface area (Å²) in [7, 11) is 1.48. The number of hydrogen-bond donors (Lipinski definition) is 1. The van der Waals surface area contributed by atoms with Crippen LogP contribution in [0, 0.1) is 5.82 Å². The number of hydrogen-bond acceptors (Lipinski definition) is 5. The molecule has 1 N–H and O–H groups in total. The Hall–Kier alpha value is -1.46. The van der Waals surface area contributed by atoms with E-state index in [0.29, 0.717) is 6.54 Å². The third-order valence-electron chi connectivity index (χ3n) is 4.92. The van der Waals surface area contributed by atoms with Crippen LogP contribution in [-0.2, 0) is 19.5 Å². The summed E-state index contributed by atoms with van der Waals surface area (Å²) in [5.74, 6) is 0.920. The van der Waals surface area contributed by atoms with Gasteiger partial charge >= 0.3 is 0 Å². The predicted molar refractivity (Wildman–Crippen MR) is 132 cm³/mol. The van der Waals surface area contributed by atoms with E-state index in [1.807, 2.05) is 6.07 Å². The van der Waals surface area contributed by atoms with Crippen LogP contribution in [0.3, 0.4) is 0 Å². The minimum atomic E-state index is -0.307. The van der Waals surface area contributed by atoms with Gasteiger partial charge < -0.3 is 15.0 Å². The van der Waals surface area contributed by atoms with Gasteiger partial charge in [-0.2, -0.15) is 0 Å². The molecule has 2 heterocycles. The molecule has 166 valence electrons. The number of halogens is 2. The van der Waals surface area contributed by atoms with Gasteiger partial charge in [0.15, 0.2) is 17.5 Å². The molecule has 0 radical (unpaired) electrons. The highest BCUT2D eigenvalue weighted by Crippen LogP contribution is 2.19. The van der Waals surface area contributed by atoms with Crippen molar-refractivity contribution in [2.24, 2.45) is 4.99 Å². The molecule has 0 saturated carbocycles. The highest BCUT2D eigenvalue weighted by atomic mass is 127. The lowest BCUT2D eigenvalue weighted by Crippen LogP contribution is -2.52. The van der Waals surface area contributed by atoms with Gasteiger partial charge in [0.1, 0.15) is 0 Å². The Morgan fingerprint density at radius 3 is 2.63 bits per heavy atom. The molecule has 0 unspecified atom stereocenters. The second kappa shape index (κ2) is 12.4. The normalized spacial score (nSPS) is 15.1. The zero-order valence-corrected chi connectivity index (χ0v) is 21.0. The molecule has 0 amide bonds. The number of guanidine groups is 1. The fraction of sp³-hybridized carbons (Fsp3) is 0.524. The number of aryl methyl sites for hydroxylation is 1. The fourth-order valence-corrected chi connectivity index (χ4v) is 4.09. The van der Waals surface area contributed by atoms with E-state index in [9.17, 15) is 4.39 Å². The zero-order chi connectivity index (χ0) is 20.6. The Morgan fingerprint density at radius 1 is 1.27 bits per heavy atom. The van der Waals surface area contributed by atoms with Crippen LogP contribution in [0.4, 0.5) is 4.39 Å². The van der Waals surface area contributed by atoms with Crippen LogP contribution < -0.4 is 10.1 Å². The maximum atomic E-state index is 13.9. The van der Waals surface area contributed by atoms with Crippen LogP contribution >= 0.6 is 35.3 Å². The quantitative estimate of drug-likeness (QED) is 0.325. The first-order valence-electron chi connectivity index (χ1n) is 10.1. The largest absolute Gasteiger partial charge is 0.494 e. The molecule has 1 saturated heterocycles. The molecule has 6 nitrogen and oxygen atoms in total. The number of benzene rings is 1. The van der Waals surface area contributed by atoms with Gasteiger partial charge in [-0.05, 0) is 31.0 Å². The van der Waals surface area contributed by atoms with E-state index in [4.69, 9.17) is 9.73 Å². The number of aliphatic imine (C=N–C) groups is 1. The maximum Gasteiger partial charge on any atom is 0.194 e. The van der Waals surface area contributed by atoms with E-state index >= 15 is 0 Å². The Balaban J connectivity index is 0.00000320. The van der Waals surface area contributed by atoms with Gasteiger partial charge in [-0.3, -0.25) is 4.90 Å². The second-order valence-corrected chi connectivity index (χ2v) is 7.93. The Labute approximate surface area is 199 Å². The molecule has 3 rings (SSSR count). The maximum absolute atomic E-state index is 13.9. The van der Waals surface area contributed by atoms with Gasteiger partial charge in [-0.15, -0.1) is 35.3 Å². The molecule has 1 aliphatic heterocycles. The number of piperazine rings is 1. The highest BCUT2D eigenvalue weighted by Gasteiger charge is 2.20. The Morgan fingerprint density at radius 2 is 2.03 bits per heavy atom. The van der Waals surface area contributed by atoms with Crippen LogP contribution in [0.15, 0.2) is 28.6 Å². The number of methoxy groups -OCH3 is 1. The van der Waals surface area contributed by atoms with Crippen molar-refractivity contribution in [3.05, 3.63) is 45.7 Å². The summed E-state index contributed by atoms with van der Waals surface area (Å²) < 4.78 is 18.9. The molecule has 0 aliphatic carbocycles. The molecule has 1 fully saturated rings. The smallest absolute Gasteiger partial charge is 0.194 e. The topological polar surface area (TPSA) is 53.0 Å². The van der Waals surface area contributed by atoms with Crippen molar-refractivity contribution in [3.8, 4) is 5.75 Å². The first kappa shape index (κ1) is 24.8. The number of aromatic nitrogens is 1. The van der Waals surface area contributed by atoms with E-state index in [0.717, 1.165) is 67.9 Å². The number of nitrogens with zero attached hydrogens (tertiary/aromatic N) is 4. The average Bonchev–Trinajstić information content (AvgIpc) is 3.20. The van der Waals surface area contributed by atoms with Crippen LogP contribution in [0.2, 0.25) is 0 Å². The fourth-order valence-electron chi connectivity index (χ4n) is 3.35. The number of ether oxygens (including phenoxy) is 1. The van der Waals surface area contributed by atoms with Gasteiger partial charge in [0.05, 0.1) is 24.4 Å². The third kappa shape index (κ3) is 6.78. The summed E-state index contributed by atoms with van der Waals surface area (Å²) in [6, 6.07) is 5.19. The van der Waals surface area contributed by atoms with E-state index in [-0.39, 0.29) is 35.5 Å². The van der Waals surface area contributed by atoms with Gasteiger partial charge in [0.2, 0.25) is 0 Å². The summed E-state index contributed by atoms with van der Waals surface area (Å²) in [5, 5.41) is 6.65. The molecule has 9 heteroatoms. The molecular weight excluding hydrogens is 516 g/mol. The van der Waals surface area contributed by atoms with Gasteiger partial charge in [0.25, 0.3) is 0 Å². The van der Waals surface area contributed by atoms with Gasteiger partial charge in [0, 0.05) is 44.6 Å². The van der Waals surface area contributed by atoms with E-state index < -0.39 is 0 Å². The molecule has 30 heavy (non-hydrogen) atoms. The van der Waals surface area contributed by atoms with Crippen molar-refractivity contribution < 1.29 is 9.13 Å². The molecule has 2 aromatic rings. The molecule has 0 bridgehead atoms. The van der Waals surface area contributed by atoms with Crippen molar-refractivity contribution in [2.45, 2.75) is 33.4 Å². The minimum absolute atomic E-state index is 0. The summed E-state index contributed by atoms with van der Waals surface area (Å²) in [6.45, 7) is 9.98. The van der Waals surface area contributed by atoms with Crippen LogP contribution in [-0.4, -0.2) is 60.6 Å². The lowest BCUT2D eigenvalue weighted by atomic mass is 10.2. The van der Waals surface area contributed by atoms with Crippen molar-refractivity contribution in [1.82, 2.24) is 20.1 Å². The summed E-state index contributed by atoms with van der Waals surface area (Å²) in [5.41, 5.74) is 2.00. The standard InChI is InChI=1S/C21H30FN5OS.HI/c1-4-20-25-17(15-29-20)13-24-21(23-5-2)27-10-8-26(9-11-27)14-16-6-7-19(28-3)18(22)12-16;/h6-7,12,15H,4-5,8-11,13-14H2,1-3H3,(H,23,24);1H. The van der Waals surface area contributed by atoms with Crippen molar-refractivity contribution in [2.75, 3.05) is 39.8 Å². The first-order valence-corrected chi connectivity index (χ1v) is 11.0. The van der Waals surface area contributed by atoms with Gasteiger partial charge in [-0.1, -0.05) is 13.0 Å². The van der Waals surface area contributed by atoms with Crippen LogP contribution in [0.5, 0.6) is 5.75 Å². The molecule has 1 aromatic heterocycles. The van der Waals surface area contributed by atoms with Gasteiger partial charge in [-0.25, -0.2) is 14.4 Å². The van der Waals surface area contributed by atoms with Crippen LogP contribution in [0.1, 0.15) is 30.1 Å². The Bertz CT molecular complexity index is 823. The SMILES string of the molecule is CCNC(=NCc1csc(CC)n1)N1CCN(Cc2ccc(OC)c(F)c2)CC1.I. The average molecular weight is 547 g/mol. The molecule has 0 atom stereocenters. The van der Waals surface area contributed by atoms with E-state index in [2.05, 4.69) is 39.3 Å². The van der Waals surface area contributed by atoms with Crippen molar-refractivity contribution >= 4 is 41.3 Å². The summed E-state index contributed by atoms with van der Waals surface area (Å²) >= 11 is 1.70. The predicted octanol–water partition coefficient (Wildman–Crippen LogP) is 3.75. The first-order chi connectivity index (χ1) is 14.1. The second-order valence-electron chi connectivity index (χ2n) is 6.99. The molecule has 1 aliphatic rings. The number of nitrogens with one attached hydrogen (secondary N) is 1. The van der Waals surface area contributed by atoms with Crippen molar-refractivity contribution in [1.29, 1.82) is 0 Å². The third-order valence-corrected chi connectivity index (χ3v) is 5.96. The monoisotopic (exact) mass is 547 g/mol. The number of thiazole rings is 1. The van der Waals surface area contributed by atoms with Crippen molar-refractivity contribution in [3.63, 3.8) is 0 Å². The molecule has 0 spiro atoms. The molecular formula is C21H31FIN5OS. The summed E-state index contributed by atoms with van der Waals surface area (Å²) in [6.07, 6.45) is 0.967. The van der Waals surface area contributed by atoms with Crippen LogP contribution in [0.25, 0.3) is 0 Å². The molecule has 1 aromatic carbocycles. The Kier molecular flexibility index (Phi) is 10.3. The summed E-state index contributed by atoms with van der Waals surface area (Å²) in [4.78, 5) is 14.0. The number of rotatable bonds is 7. The zero-order valence-electron chi connectivity index (χ0n) is 17.9. The van der Waals surface area contributed by atoms with E-state index in [1.54, 1.807) is 23.5 Å². The lowest BCUT2D eigenvalue weighted by Gasteiger charge is -2.36. The lowest BCUT2D eigenvalue weighted by molar-refractivity contribution is 0.172. The highest BCUT2D eigenvalue weighted by molar-refractivity contribution is 14.0. The van der Waals surface area contributed by atoms with E-state index in [1.165, 1.54) is 7.11 Å².